The summed E-state index contributed by atoms with van der Waals surface area (Å²) < 4.78 is 32.1. The van der Waals surface area contributed by atoms with E-state index in [1.54, 1.807) is 18.2 Å². The first-order chi connectivity index (χ1) is 11.9. The summed E-state index contributed by atoms with van der Waals surface area (Å²) in [7, 11) is -3.97. The first-order valence-corrected chi connectivity index (χ1v) is 9.16. The van der Waals surface area contributed by atoms with E-state index in [0.29, 0.717) is 11.4 Å². The lowest BCUT2D eigenvalue weighted by Gasteiger charge is -2.13. The molecule has 25 heavy (non-hydrogen) atoms. The van der Waals surface area contributed by atoms with Crippen LogP contribution in [0.2, 0.25) is 0 Å². The van der Waals surface area contributed by atoms with Crippen LogP contribution >= 0.6 is 0 Å². The highest BCUT2D eigenvalue weighted by Gasteiger charge is 2.19. The summed E-state index contributed by atoms with van der Waals surface area (Å²) in [6, 6.07) is 11.9. The van der Waals surface area contributed by atoms with Gasteiger partial charge in [0.2, 0.25) is 0 Å². The fraction of sp³-hybridized carbons (Fsp3) is 0.235. The molecule has 0 aliphatic heterocycles. The Labute approximate surface area is 146 Å². The second-order valence-electron chi connectivity index (χ2n) is 5.97. The Morgan fingerprint density at radius 1 is 1.12 bits per heavy atom. The van der Waals surface area contributed by atoms with Crippen LogP contribution in [0, 0.1) is 6.92 Å². The Morgan fingerprint density at radius 2 is 1.92 bits per heavy atom. The molecule has 2 aromatic carbocycles. The Bertz CT molecular complexity index is 983. The highest BCUT2D eigenvalue weighted by Crippen LogP contribution is 2.27. The van der Waals surface area contributed by atoms with E-state index < -0.39 is 10.1 Å². The van der Waals surface area contributed by atoms with Gasteiger partial charge in [-0.15, -0.1) is 5.10 Å². The van der Waals surface area contributed by atoms with Crippen molar-refractivity contribution in [2.24, 2.45) is 0 Å². The van der Waals surface area contributed by atoms with E-state index in [2.05, 4.69) is 15.5 Å². The van der Waals surface area contributed by atoms with E-state index in [-0.39, 0.29) is 10.8 Å². The number of aryl methyl sites for hydroxylation is 1. The van der Waals surface area contributed by atoms with Crippen molar-refractivity contribution in [1.29, 1.82) is 0 Å². The van der Waals surface area contributed by atoms with Crippen molar-refractivity contribution in [3.63, 3.8) is 0 Å². The molecule has 0 spiro atoms. The van der Waals surface area contributed by atoms with Crippen molar-refractivity contribution in [1.82, 2.24) is 20.2 Å². The smallest absolute Gasteiger partial charge is 0.339 e. The van der Waals surface area contributed by atoms with E-state index in [1.807, 2.05) is 32.9 Å². The molecule has 1 heterocycles. The largest absolute Gasteiger partial charge is 0.379 e. The van der Waals surface area contributed by atoms with Crippen LogP contribution in [0.15, 0.2) is 53.7 Å². The van der Waals surface area contributed by atoms with Gasteiger partial charge in [0.05, 0.1) is 5.69 Å². The van der Waals surface area contributed by atoms with Crippen LogP contribution in [0.3, 0.4) is 0 Å². The third kappa shape index (κ3) is 3.69. The van der Waals surface area contributed by atoms with Gasteiger partial charge in [-0.2, -0.15) is 8.42 Å². The zero-order valence-electron chi connectivity index (χ0n) is 14.1. The minimum Gasteiger partial charge on any atom is -0.379 e. The third-order valence-electron chi connectivity index (χ3n) is 3.80. The highest BCUT2D eigenvalue weighted by molar-refractivity contribution is 7.87. The lowest BCUT2D eigenvalue weighted by atomic mass is 10.0. The summed E-state index contributed by atoms with van der Waals surface area (Å²) in [4.78, 5) is 0.0369. The predicted octanol–water partition coefficient (Wildman–Crippen LogP) is 2.86. The minimum absolute atomic E-state index is 0.0369. The fourth-order valence-corrected chi connectivity index (χ4v) is 3.32. The van der Waals surface area contributed by atoms with Crippen LogP contribution in [-0.4, -0.2) is 28.6 Å². The molecular formula is C17H18N4O3S. The number of aromatic nitrogens is 4. The molecule has 0 atom stereocenters. The second-order valence-corrected chi connectivity index (χ2v) is 7.52. The monoisotopic (exact) mass is 358 g/mol. The minimum atomic E-state index is -3.97. The summed E-state index contributed by atoms with van der Waals surface area (Å²) in [5.41, 5.74) is 2.30. The van der Waals surface area contributed by atoms with E-state index in [4.69, 9.17) is 4.18 Å². The third-order valence-corrected chi connectivity index (χ3v) is 5.03. The van der Waals surface area contributed by atoms with Gasteiger partial charge >= 0.3 is 10.1 Å². The molecule has 0 saturated heterocycles. The maximum absolute atomic E-state index is 12.7. The second kappa shape index (κ2) is 6.64. The van der Waals surface area contributed by atoms with Gasteiger partial charge in [0.15, 0.2) is 0 Å². The molecule has 0 aliphatic rings. The van der Waals surface area contributed by atoms with Crippen LogP contribution in [0.4, 0.5) is 0 Å². The normalized spacial score (nSPS) is 11.7. The van der Waals surface area contributed by atoms with E-state index in [9.17, 15) is 8.42 Å². The van der Waals surface area contributed by atoms with Gasteiger partial charge in [-0.1, -0.05) is 32.0 Å². The van der Waals surface area contributed by atoms with Crippen molar-refractivity contribution in [3.05, 3.63) is 59.9 Å². The van der Waals surface area contributed by atoms with Crippen molar-refractivity contribution in [2.45, 2.75) is 31.6 Å². The zero-order valence-corrected chi connectivity index (χ0v) is 14.9. The summed E-state index contributed by atoms with van der Waals surface area (Å²) in [5.74, 6) is 0.604. The predicted molar refractivity (Wildman–Crippen MR) is 92.2 cm³/mol. The molecule has 3 rings (SSSR count). The first-order valence-electron chi connectivity index (χ1n) is 7.75. The molecule has 0 fully saturated rings. The zero-order chi connectivity index (χ0) is 18.0. The number of hydrogen-bond donors (Lipinski definition) is 0. The molecule has 0 aliphatic carbocycles. The maximum Gasteiger partial charge on any atom is 0.339 e. The summed E-state index contributed by atoms with van der Waals surface area (Å²) in [6.45, 7) is 5.89. The lowest BCUT2D eigenvalue weighted by molar-refractivity contribution is 0.483. The van der Waals surface area contributed by atoms with E-state index in [1.165, 1.54) is 23.1 Å². The van der Waals surface area contributed by atoms with E-state index >= 15 is 0 Å². The summed E-state index contributed by atoms with van der Waals surface area (Å²) in [5, 5.41) is 10.9. The Balaban J connectivity index is 1.95. The molecule has 0 unspecified atom stereocenters. The topological polar surface area (TPSA) is 87.0 Å². The van der Waals surface area contributed by atoms with Crippen molar-refractivity contribution < 1.29 is 12.6 Å². The number of benzene rings is 2. The SMILES string of the molecule is Cc1ccc(C(C)C)cc1OS(=O)(=O)c1cccc(-n2cnnn2)c1. The first kappa shape index (κ1) is 17.1. The van der Waals surface area contributed by atoms with Crippen LogP contribution in [0.25, 0.3) is 5.69 Å². The van der Waals surface area contributed by atoms with Gasteiger partial charge in [0, 0.05) is 0 Å². The lowest BCUT2D eigenvalue weighted by Crippen LogP contribution is -2.11. The Morgan fingerprint density at radius 3 is 2.60 bits per heavy atom. The van der Waals surface area contributed by atoms with Crippen LogP contribution in [-0.2, 0) is 10.1 Å². The number of tetrazole rings is 1. The molecule has 0 bridgehead atoms. The average Bonchev–Trinajstić information content (AvgIpc) is 3.11. The van der Waals surface area contributed by atoms with Gasteiger partial charge in [0.25, 0.3) is 0 Å². The molecule has 130 valence electrons. The average molecular weight is 358 g/mol. The molecule has 8 heteroatoms. The van der Waals surface area contributed by atoms with Gasteiger partial charge in [-0.05, 0) is 58.7 Å². The quantitative estimate of drug-likeness (QED) is 0.652. The van der Waals surface area contributed by atoms with Gasteiger partial charge in [-0.25, -0.2) is 4.68 Å². The number of hydrogen-bond acceptors (Lipinski definition) is 6. The molecule has 7 nitrogen and oxygen atoms in total. The van der Waals surface area contributed by atoms with Crippen LogP contribution in [0.5, 0.6) is 5.75 Å². The molecule has 0 radical (unpaired) electrons. The molecule has 3 aromatic rings. The maximum atomic E-state index is 12.7. The fourth-order valence-electron chi connectivity index (χ4n) is 2.29. The van der Waals surface area contributed by atoms with E-state index in [0.717, 1.165) is 11.1 Å². The molecular weight excluding hydrogens is 340 g/mol. The van der Waals surface area contributed by atoms with Crippen LogP contribution in [0.1, 0.15) is 30.9 Å². The molecule has 0 saturated carbocycles. The van der Waals surface area contributed by atoms with Crippen molar-refractivity contribution >= 4 is 10.1 Å². The molecule has 0 N–H and O–H groups in total. The van der Waals surface area contributed by atoms with Gasteiger partial charge < -0.3 is 4.18 Å². The standard InChI is InChI=1S/C17H18N4O3S/c1-12(2)14-8-7-13(3)17(9-14)24-25(22,23)16-6-4-5-15(10-16)21-11-18-19-20-21/h4-12H,1-3H3. The van der Waals surface area contributed by atoms with Gasteiger partial charge in [0.1, 0.15) is 17.0 Å². The molecule has 0 amide bonds. The number of nitrogens with zero attached hydrogens (tertiary/aromatic N) is 4. The van der Waals surface area contributed by atoms with Gasteiger partial charge in [-0.3, -0.25) is 0 Å². The Kier molecular flexibility index (Phi) is 4.54. The summed E-state index contributed by atoms with van der Waals surface area (Å²) >= 11 is 0. The van der Waals surface area contributed by atoms with Crippen LogP contribution < -0.4 is 4.18 Å². The van der Waals surface area contributed by atoms with Crippen molar-refractivity contribution in [3.8, 4) is 11.4 Å². The summed E-state index contributed by atoms with van der Waals surface area (Å²) in [6.07, 6.45) is 1.39. The number of rotatable bonds is 5. The molecule has 1 aromatic heterocycles. The Hall–Kier alpha value is -2.74. The van der Waals surface area contributed by atoms with Crippen molar-refractivity contribution in [2.75, 3.05) is 0 Å². The highest BCUT2D eigenvalue weighted by atomic mass is 32.2.